The molecule has 0 aliphatic rings. The highest BCUT2D eigenvalue weighted by molar-refractivity contribution is 4.86. The van der Waals surface area contributed by atoms with Gasteiger partial charge in [0.2, 0.25) is 0 Å². The molecule has 0 heteroatoms. The van der Waals surface area contributed by atoms with Crippen molar-refractivity contribution in [3.05, 3.63) is 24.3 Å². The molecule has 0 saturated heterocycles. The molecular weight excluding hydrogens is 132 g/mol. The van der Waals surface area contributed by atoms with Crippen molar-refractivity contribution in [2.24, 2.45) is 5.92 Å². The van der Waals surface area contributed by atoms with Crippen LogP contribution in [0.15, 0.2) is 24.3 Å². The van der Waals surface area contributed by atoms with Crippen molar-refractivity contribution < 1.29 is 0 Å². The Kier molecular flexibility index (Phi) is 7.23. The van der Waals surface area contributed by atoms with E-state index >= 15 is 0 Å². The molecule has 0 fully saturated rings. The van der Waals surface area contributed by atoms with Gasteiger partial charge in [-0.25, -0.2) is 0 Å². The smallest absolute Gasteiger partial charge is 0.0316 e. The first kappa shape index (κ1) is 10.5. The maximum atomic E-state index is 2.29. The van der Waals surface area contributed by atoms with Crippen LogP contribution < -0.4 is 0 Å². The van der Waals surface area contributed by atoms with Crippen LogP contribution >= 0.6 is 0 Å². The molecule has 0 aliphatic carbocycles. The zero-order valence-electron chi connectivity index (χ0n) is 8.01. The summed E-state index contributed by atoms with van der Waals surface area (Å²) in [7, 11) is 0. The first-order valence-corrected chi connectivity index (χ1v) is 4.53. The van der Waals surface area contributed by atoms with E-state index < -0.39 is 0 Å². The van der Waals surface area contributed by atoms with E-state index in [1.165, 1.54) is 19.3 Å². The molecule has 0 heterocycles. The topological polar surface area (TPSA) is 0 Å². The molecule has 0 aromatic carbocycles. The van der Waals surface area contributed by atoms with Gasteiger partial charge in [-0.1, -0.05) is 38.2 Å². The summed E-state index contributed by atoms with van der Waals surface area (Å²) in [6.45, 7) is 6.56. The van der Waals surface area contributed by atoms with Crippen molar-refractivity contribution >= 4 is 0 Å². The van der Waals surface area contributed by atoms with Gasteiger partial charge in [0.15, 0.2) is 0 Å². The van der Waals surface area contributed by atoms with Crippen LogP contribution in [0.25, 0.3) is 0 Å². The lowest BCUT2D eigenvalue weighted by molar-refractivity contribution is 0.662. The molecule has 0 radical (unpaired) electrons. The van der Waals surface area contributed by atoms with E-state index in [-0.39, 0.29) is 0 Å². The summed E-state index contributed by atoms with van der Waals surface area (Å²) >= 11 is 0. The number of rotatable bonds is 5. The van der Waals surface area contributed by atoms with Gasteiger partial charge < -0.3 is 0 Å². The quantitative estimate of drug-likeness (QED) is 0.413. The van der Waals surface area contributed by atoms with Gasteiger partial charge in [0.1, 0.15) is 0 Å². The normalized spacial score (nSPS) is 12.4. The van der Waals surface area contributed by atoms with E-state index in [1.807, 2.05) is 0 Å². The van der Waals surface area contributed by atoms with Crippen LogP contribution in [0.3, 0.4) is 0 Å². The minimum Gasteiger partial charge on any atom is -0.0917 e. The van der Waals surface area contributed by atoms with Crippen molar-refractivity contribution in [3.63, 3.8) is 0 Å². The van der Waals surface area contributed by atoms with Gasteiger partial charge in [-0.15, -0.1) is 0 Å². The van der Waals surface area contributed by atoms with Crippen LogP contribution in [0.5, 0.6) is 0 Å². The largest absolute Gasteiger partial charge is 0.0917 e. The van der Waals surface area contributed by atoms with Crippen LogP contribution in [0.2, 0.25) is 0 Å². The fourth-order valence-corrected chi connectivity index (χ4v) is 0.845. The molecule has 0 unspecified atom stereocenters. The third-order valence-corrected chi connectivity index (χ3v) is 1.51. The molecule has 64 valence electrons. The Balaban J connectivity index is 3.16. The molecule has 0 bridgehead atoms. The molecule has 0 atom stereocenters. The molecule has 0 rings (SSSR count). The lowest BCUT2D eigenvalue weighted by atomic mass is 10.1. The highest BCUT2D eigenvalue weighted by atomic mass is 13.9. The van der Waals surface area contributed by atoms with Crippen LogP contribution in [0.4, 0.5) is 0 Å². The minimum absolute atomic E-state index is 0.799. The second-order valence-corrected chi connectivity index (χ2v) is 3.25. The molecule has 11 heavy (non-hydrogen) atoms. The van der Waals surface area contributed by atoms with Crippen molar-refractivity contribution in [1.82, 2.24) is 0 Å². The van der Waals surface area contributed by atoms with Gasteiger partial charge in [-0.2, -0.15) is 0 Å². The predicted molar refractivity (Wildman–Crippen MR) is 52.6 cm³/mol. The Morgan fingerprint density at radius 1 is 1.00 bits per heavy atom. The van der Waals surface area contributed by atoms with Crippen LogP contribution in [-0.2, 0) is 0 Å². The SMILES string of the molecule is CC=CCCC=CCC(C)C. The Hall–Kier alpha value is -0.520. The Morgan fingerprint density at radius 2 is 1.64 bits per heavy atom. The van der Waals surface area contributed by atoms with Gasteiger partial charge >= 0.3 is 0 Å². The summed E-state index contributed by atoms with van der Waals surface area (Å²) in [4.78, 5) is 0. The number of hydrogen-bond acceptors (Lipinski definition) is 0. The fourth-order valence-electron chi connectivity index (χ4n) is 0.845. The van der Waals surface area contributed by atoms with E-state index in [2.05, 4.69) is 45.1 Å². The lowest BCUT2D eigenvalue weighted by Crippen LogP contribution is -1.80. The van der Waals surface area contributed by atoms with Crippen molar-refractivity contribution in [1.29, 1.82) is 0 Å². The summed E-state index contributed by atoms with van der Waals surface area (Å²) in [5, 5.41) is 0. The standard InChI is InChI=1S/C11H20/c1-4-5-6-7-8-9-10-11(2)3/h4-5,8-9,11H,6-7,10H2,1-3H3. The number of hydrogen-bond donors (Lipinski definition) is 0. The summed E-state index contributed by atoms with van der Waals surface area (Å²) in [5.41, 5.74) is 0. The van der Waals surface area contributed by atoms with Crippen LogP contribution in [0, 0.1) is 5.92 Å². The van der Waals surface area contributed by atoms with Gasteiger partial charge in [0.25, 0.3) is 0 Å². The summed E-state index contributed by atoms with van der Waals surface area (Å²) in [5.74, 6) is 0.799. The second kappa shape index (κ2) is 7.59. The highest BCUT2D eigenvalue weighted by Crippen LogP contribution is 2.01. The van der Waals surface area contributed by atoms with E-state index in [4.69, 9.17) is 0 Å². The Bertz CT molecular complexity index is 118. The number of allylic oxidation sites excluding steroid dienone is 4. The van der Waals surface area contributed by atoms with Crippen molar-refractivity contribution in [2.75, 3.05) is 0 Å². The average Bonchev–Trinajstić information content (AvgIpc) is 1.96. The maximum absolute atomic E-state index is 2.29. The third kappa shape index (κ3) is 9.48. The molecule has 0 aromatic heterocycles. The third-order valence-electron chi connectivity index (χ3n) is 1.51. The molecule has 0 amide bonds. The van der Waals surface area contributed by atoms with E-state index in [9.17, 15) is 0 Å². The molecule has 0 saturated carbocycles. The van der Waals surface area contributed by atoms with Gasteiger partial charge in [0, 0.05) is 0 Å². The Labute approximate surface area is 71.0 Å². The molecule has 0 nitrogen and oxygen atoms in total. The first-order valence-electron chi connectivity index (χ1n) is 4.53. The van der Waals surface area contributed by atoms with Gasteiger partial charge in [0.05, 0.1) is 0 Å². The molecule has 0 N–H and O–H groups in total. The fraction of sp³-hybridized carbons (Fsp3) is 0.636. The van der Waals surface area contributed by atoms with Gasteiger partial charge in [-0.05, 0) is 32.1 Å². The average molecular weight is 152 g/mol. The molecule has 0 spiro atoms. The zero-order valence-corrected chi connectivity index (χ0v) is 8.01. The van der Waals surface area contributed by atoms with E-state index in [0.717, 1.165) is 5.92 Å². The monoisotopic (exact) mass is 152 g/mol. The van der Waals surface area contributed by atoms with E-state index in [1.54, 1.807) is 0 Å². The summed E-state index contributed by atoms with van der Waals surface area (Å²) in [6.07, 6.45) is 12.5. The molecular formula is C11H20. The van der Waals surface area contributed by atoms with Crippen LogP contribution in [-0.4, -0.2) is 0 Å². The predicted octanol–water partition coefficient (Wildman–Crippen LogP) is 3.95. The zero-order chi connectivity index (χ0) is 8.53. The van der Waals surface area contributed by atoms with Crippen molar-refractivity contribution in [2.45, 2.75) is 40.0 Å². The molecule has 0 aromatic rings. The number of unbranched alkanes of at least 4 members (excludes halogenated alkanes) is 1. The summed E-state index contributed by atoms with van der Waals surface area (Å²) in [6, 6.07) is 0. The van der Waals surface area contributed by atoms with Crippen molar-refractivity contribution in [3.8, 4) is 0 Å². The van der Waals surface area contributed by atoms with Gasteiger partial charge in [-0.3, -0.25) is 0 Å². The molecule has 0 aliphatic heterocycles. The van der Waals surface area contributed by atoms with Crippen LogP contribution in [0.1, 0.15) is 40.0 Å². The van der Waals surface area contributed by atoms with E-state index in [0.29, 0.717) is 0 Å². The summed E-state index contributed by atoms with van der Waals surface area (Å²) < 4.78 is 0. The highest BCUT2D eigenvalue weighted by Gasteiger charge is 1.85. The minimum atomic E-state index is 0.799. The second-order valence-electron chi connectivity index (χ2n) is 3.25. The maximum Gasteiger partial charge on any atom is -0.0316 e. The Morgan fingerprint density at radius 3 is 2.18 bits per heavy atom. The first-order chi connectivity index (χ1) is 5.27. The lowest BCUT2D eigenvalue weighted by Gasteiger charge is -1.95.